The zero-order valence-corrected chi connectivity index (χ0v) is 27.8. The van der Waals surface area contributed by atoms with Crippen LogP contribution in [-0.2, 0) is 19.7 Å². The van der Waals surface area contributed by atoms with Gasteiger partial charge in [-0.05, 0) is 48.5 Å². The normalized spacial score (nSPS) is 12.0. The Labute approximate surface area is 285 Å². The van der Waals surface area contributed by atoms with E-state index in [1.54, 1.807) is 84.9 Å². The van der Waals surface area contributed by atoms with Crippen LogP contribution in [0.25, 0.3) is 49.7 Å². The molecule has 0 aliphatic carbocycles. The largest absolute Gasteiger partial charge is 0.308 e. The molecular weight excluding hydrogens is 647 g/mol. The first kappa shape index (κ1) is 30.6. The van der Waals surface area contributed by atoms with Crippen molar-refractivity contribution in [2.24, 2.45) is 0 Å². The van der Waals surface area contributed by atoms with Crippen molar-refractivity contribution in [3.63, 3.8) is 0 Å². The summed E-state index contributed by atoms with van der Waals surface area (Å²) in [5, 5.41) is 1.82. The lowest BCUT2D eigenvalue weighted by molar-refractivity contribution is 0.594. The fourth-order valence-corrected chi connectivity index (χ4v) is 9.67. The Hall–Kier alpha value is -5.76. The molecule has 7 aromatic carbocycles. The molecule has 8 aromatic rings. The molecule has 0 spiro atoms. The summed E-state index contributed by atoms with van der Waals surface area (Å²) in [4.78, 5) is 0.852. The monoisotopic (exact) mass is 675 g/mol. The number of aromatic nitrogens is 1. The number of para-hydroxylation sites is 3. The van der Waals surface area contributed by atoms with Crippen molar-refractivity contribution in [3.05, 3.63) is 176 Å². The van der Waals surface area contributed by atoms with Crippen LogP contribution in [0.5, 0.6) is 0 Å². The summed E-state index contributed by atoms with van der Waals surface area (Å²) in [5.74, 6) is 0. The maximum Gasteiger partial charge on any atom is 0.207 e. The topological polar surface area (TPSA) is 73.2 Å². The van der Waals surface area contributed by atoms with E-state index < -0.39 is 19.7 Å². The van der Waals surface area contributed by atoms with Crippen molar-refractivity contribution < 1.29 is 16.8 Å². The molecule has 238 valence electrons. The molecule has 0 aliphatic rings. The van der Waals surface area contributed by atoms with Gasteiger partial charge in [0.25, 0.3) is 0 Å². The highest BCUT2D eigenvalue weighted by atomic mass is 32.2. The maximum absolute atomic E-state index is 14.1. The standard InChI is InChI=1S/C42H29NO4S2/c44-48(45,31-18-6-2-7-19-31)39-28-12-10-22-33(39)35-24-14-26-37-38-27-15-25-36(42(38)43(41(35)37)30-16-4-1-5-17-30)34-23-11-13-29-40(34)49(46,47)32-20-8-3-9-21-32/h1-29H. The minimum absolute atomic E-state index is 0.207. The summed E-state index contributed by atoms with van der Waals surface area (Å²) >= 11 is 0. The molecule has 0 saturated heterocycles. The van der Waals surface area contributed by atoms with Gasteiger partial charge in [-0.15, -0.1) is 0 Å². The van der Waals surface area contributed by atoms with Crippen LogP contribution in [0.15, 0.2) is 196 Å². The smallest absolute Gasteiger partial charge is 0.207 e. The lowest BCUT2D eigenvalue weighted by atomic mass is 10.00. The van der Waals surface area contributed by atoms with E-state index in [0.29, 0.717) is 11.1 Å². The fourth-order valence-electron chi connectivity index (χ4n) is 6.69. The summed E-state index contributed by atoms with van der Waals surface area (Å²) in [5.41, 5.74) is 5.11. The first-order valence-electron chi connectivity index (χ1n) is 15.8. The maximum atomic E-state index is 14.1. The van der Waals surface area contributed by atoms with Crippen molar-refractivity contribution in [1.82, 2.24) is 4.57 Å². The zero-order valence-electron chi connectivity index (χ0n) is 26.1. The minimum Gasteiger partial charge on any atom is -0.308 e. The van der Waals surface area contributed by atoms with Crippen LogP contribution >= 0.6 is 0 Å². The van der Waals surface area contributed by atoms with Crippen LogP contribution in [0, 0.1) is 0 Å². The number of hydrogen-bond donors (Lipinski definition) is 0. The lowest BCUT2D eigenvalue weighted by Gasteiger charge is -2.17. The Kier molecular flexibility index (Phi) is 7.51. The number of fused-ring (bicyclic) bond motifs is 3. The molecule has 1 heterocycles. The van der Waals surface area contributed by atoms with E-state index in [9.17, 15) is 16.8 Å². The third kappa shape index (κ3) is 5.06. The number of nitrogens with zero attached hydrogens (tertiary/aromatic N) is 1. The van der Waals surface area contributed by atoms with Crippen LogP contribution in [-0.4, -0.2) is 21.4 Å². The Balaban J connectivity index is 1.48. The molecule has 0 saturated carbocycles. The Morgan fingerprint density at radius 1 is 0.327 bits per heavy atom. The Morgan fingerprint density at radius 2 is 0.673 bits per heavy atom. The first-order chi connectivity index (χ1) is 23.9. The quantitative estimate of drug-likeness (QED) is 0.169. The Bertz CT molecular complexity index is 2550. The summed E-state index contributed by atoms with van der Waals surface area (Å²) in [6.45, 7) is 0. The van der Waals surface area contributed by atoms with E-state index in [2.05, 4.69) is 4.57 Å². The third-order valence-corrected chi connectivity index (χ3v) is 12.5. The summed E-state index contributed by atoms with van der Waals surface area (Å²) in [6, 6.07) is 52.9. The van der Waals surface area contributed by atoms with E-state index in [1.807, 2.05) is 91.0 Å². The molecular formula is C42H29NO4S2. The highest BCUT2D eigenvalue weighted by Crippen LogP contribution is 2.44. The average Bonchev–Trinajstić information content (AvgIpc) is 3.51. The van der Waals surface area contributed by atoms with Gasteiger partial charge >= 0.3 is 0 Å². The van der Waals surface area contributed by atoms with Gasteiger partial charge in [0, 0.05) is 38.7 Å². The second-order valence-corrected chi connectivity index (χ2v) is 15.5. The summed E-state index contributed by atoms with van der Waals surface area (Å²) in [7, 11) is -7.74. The van der Waals surface area contributed by atoms with Crippen LogP contribution < -0.4 is 0 Å². The number of rotatable bonds is 7. The highest BCUT2D eigenvalue weighted by Gasteiger charge is 2.27. The molecule has 0 amide bonds. The van der Waals surface area contributed by atoms with Gasteiger partial charge in [0.15, 0.2) is 0 Å². The predicted octanol–water partition coefficient (Wildman–Crippen LogP) is 9.78. The summed E-state index contributed by atoms with van der Waals surface area (Å²) in [6.07, 6.45) is 0. The van der Waals surface area contributed by atoms with Crippen molar-refractivity contribution in [2.45, 2.75) is 19.6 Å². The molecule has 0 N–H and O–H groups in total. The first-order valence-corrected chi connectivity index (χ1v) is 18.7. The van der Waals surface area contributed by atoms with Gasteiger partial charge < -0.3 is 4.57 Å². The molecule has 0 bridgehead atoms. The van der Waals surface area contributed by atoms with Crippen LogP contribution in [0.1, 0.15) is 0 Å². The van der Waals surface area contributed by atoms with Crippen molar-refractivity contribution in [1.29, 1.82) is 0 Å². The van der Waals surface area contributed by atoms with Crippen LogP contribution in [0.3, 0.4) is 0 Å². The van der Waals surface area contributed by atoms with E-state index in [-0.39, 0.29) is 19.6 Å². The van der Waals surface area contributed by atoms with Crippen LogP contribution in [0.2, 0.25) is 0 Å². The van der Waals surface area contributed by atoms with Gasteiger partial charge in [-0.2, -0.15) is 0 Å². The molecule has 0 radical (unpaired) electrons. The average molecular weight is 676 g/mol. The minimum atomic E-state index is -3.87. The van der Waals surface area contributed by atoms with E-state index in [4.69, 9.17) is 0 Å². The van der Waals surface area contributed by atoms with Gasteiger partial charge in [0.1, 0.15) is 0 Å². The molecule has 7 heteroatoms. The lowest BCUT2D eigenvalue weighted by Crippen LogP contribution is -2.05. The summed E-state index contributed by atoms with van der Waals surface area (Å²) < 4.78 is 58.6. The molecule has 8 rings (SSSR count). The molecule has 0 atom stereocenters. The van der Waals surface area contributed by atoms with Gasteiger partial charge in [0.05, 0.1) is 30.6 Å². The molecule has 0 unspecified atom stereocenters. The number of sulfone groups is 2. The Morgan fingerprint density at radius 3 is 1.10 bits per heavy atom. The molecule has 0 aliphatic heterocycles. The second-order valence-electron chi connectivity index (χ2n) is 11.7. The van der Waals surface area contributed by atoms with Gasteiger partial charge in [-0.25, -0.2) is 16.8 Å². The second kappa shape index (κ2) is 12.0. The highest BCUT2D eigenvalue weighted by molar-refractivity contribution is 7.92. The van der Waals surface area contributed by atoms with Crippen LogP contribution in [0.4, 0.5) is 0 Å². The van der Waals surface area contributed by atoms with Gasteiger partial charge in [-0.3, -0.25) is 0 Å². The molecule has 49 heavy (non-hydrogen) atoms. The predicted molar refractivity (Wildman–Crippen MR) is 195 cm³/mol. The fraction of sp³-hybridized carbons (Fsp3) is 0. The third-order valence-electron chi connectivity index (χ3n) is 8.86. The van der Waals surface area contributed by atoms with Gasteiger partial charge in [-0.1, -0.05) is 127 Å². The van der Waals surface area contributed by atoms with Crippen molar-refractivity contribution in [3.8, 4) is 27.9 Å². The zero-order chi connectivity index (χ0) is 33.6. The van der Waals surface area contributed by atoms with E-state index in [1.165, 1.54) is 0 Å². The molecule has 5 nitrogen and oxygen atoms in total. The van der Waals surface area contributed by atoms with Gasteiger partial charge in [0.2, 0.25) is 19.7 Å². The molecule has 0 fully saturated rings. The number of hydrogen-bond acceptors (Lipinski definition) is 4. The van der Waals surface area contributed by atoms with Crippen molar-refractivity contribution >= 4 is 41.5 Å². The molecule has 1 aromatic heterocycles. The van der Waals surface area contributed by atoms with E-state index in [0.717, 1.165) is 38.6 Å². The number of benzene rings is 7. The van der Waals surface area contributed by atoms with E-state index >= 15 is 0 Å². The van der Waals surface area contributed by atoms with Crippen molar-refractivity contribution in [2.75, 3.05) is 0 Å². The SMILES string of the molecule is O=S(=O)(c1ccccc1)c1ccccc1-c1cccc2c3cccc(-c4ccccc4S(=O)(=O)c4ccccc4)c3n(-c3ccccc3)c12.